The first-order chi connectivity index (χ1) is 15.5. The van der Waals surface area contributed by atoms with E-state index in [4.69, 9.17) is 16.3 Å². The molecule has 1 aliphatic rings. The molecule has 1 amide bonds. The van der Waals surface area contributed by atoms with Crippen LogP contribution in [-0.2, 0) is 28.1 Å². The smallest absolute Gasteiger partial charge is 0.316 e. The number of halogens is 2. The minimum absolute atomic E-state index is 0.0446. The third-order valence-electron chi connectivity index (χ3n) is 5.60. The first kappa shape index (κ1) is 22.4. The lowest BCUT2D eigenvalue weighted by Crippen LogP contribution is -2.34. The fraction of sp³-hybridized carbons (Fsp3) is 0.304. The number of amides is 1. The monoisotopic (exact) mass is 473 g/mol. The predicted octanol–water partition coefficient (Wildman–Crippen LogP) is 4.82. The zero-order valence-electron chi connectivity index (χ0n) is 17.1. The molecule has 1 aromatic heterocycles. The van der Waals surface area contributed by atoms with Gasteiger partial charge in [-0.1, -0.05) is 60.0 Å². The van der Waals surface area contributed by atoms with Crippen LogP contribution in [0, 0.1) is 5.82 Å². The number of esters is 1. The van der Waals surface area contributed by atoms with Crippen LogP contribution < -0.4 is 5.32 Å². The van der Waals surface area contributed by atoms with Gasteiger partial charge in [0.25, 0.3) is 5.91 Å². The van der Waals surface area contributed by atoms with Gasteiger partial charge in [0, 0.05) is 11.6 Å². The predicted molar refractivity (Wildman–Crippen MR) is 119 cm³/mol. The van der Waals surface area contributed by atoms with Crippen LogP contribution in [0.1, 0.15) is 51.6 Å². The Morgan fingerprint density at radius 3 is 2.44 bits per heavy atom. The normalized spacial score (nSPS) is 14.8. The molecule has 3 aromatic rings. The van der Waals surface area contributed by atoms with Crippen LogP contribution >= 0.6 is 22.9 Å². The van der Waals surface area contributed by atoms with E-state index in [0.717, 1.165) is 48.1 Å². The van der Waals surface area contributed by atoms with E-state index in [1.54, 1.807) is 24.3 Å². The maximum atomic E-state index is 13.0. The van der Waals surface area contributed by atoms with Crippen molar-refractivity contribution < 1.29 is 18.7 Å². The van der Waals surface area contributed by atoms with Gasteiger partial charge in [0.1, 0.15) is 12.4 Å². The van der Waals surface area contributed by atoms with Gasteiger partial charge in [-0.15, -0.1) is 10.2 Å². The van der Waals surface area contributed by atoms with Crippen molar-refractivity contribution >= 4 is 34.8 Å². The molecule has 0 bridgehead atoms. The van der Waals surface area contributed by atoms with Gasteiger partial charge in [-0.05, 0) is 48.2 Å². The standard InChI is InChI=1S/C23H21ClFN3O3S/c24-17-7-5-16(6-8-17)23(11-1-2-12-23)22(30)31-14-19-27-28-21(32-19)20(29)26-13-15-3-9-18(25)10-4-15/h3-10H,1-2,11-14H2,(H,26,29). The van der Waals surface area contributed by atoms with E-state index in [1.807, 2.05) is 12.1 Å². The maximum absolute atomic E-state index is 13.0. The Kier molecular flexibility index (Phi) is 6.81. The summed E-state index contributed by atoms with van der Waals surface area (Å²) in [6.45, 7) is 0.198. The second kappa shape index (κ2) is 9.75. The van der Waals surface area contributed by atoms with Crippen molar-refractivity contribution in [1.29, 1.82) is 0 Å². The van der Waals surface area contributed by atoms with Gasteiger partial charge in [0.15, 0.2) is 5.01 Å². The zero-order chi connectivity index (χ0) is 22.6. The fourth-order valence-electron chi connectivity index (χ4n) is 3.89. The number of benzene rings is 2. The summed E-state index contributed by atoms with van der Waals surface area (Å²) in [7, 11) is 0. The highest BCUT2D eigenvalue weighted by Crippen LogP contribution is 2.42. The second-order valence-corrected chi connectivity index (χ2v) is 9.18. The molecule has 0 aliphatic heterocycles. The molecule has 1 saturated carbocycles. The van der Waals surface area contributed by atoms with Crippen LogP contribution in [0.5, 0.6) is 0 Å². The van der Waals surface area contributed by atoms with E-state index in [1.165, 1.54) is 12.1 Å². The van der Waals surface area contributed by atoms with Crippen molar-refractivity contribution in [3.05, 3.63) is 80.5 Å². The van der Waals surface area contributed by atoms with Gasteiger partial charge in [-0.3, -0.25) is 9.59 Å². The first-order valence-corrected chi connectivity index (χ1v) is 11.4. The summed E-state index contributed by atoms with van der Waals surface area (Å²) in [6, 6.07) is 13.2. The SMILES string of the molecule is O=C(NCc1ccc(F)cc1)c1nnc(COC(=O)C2(c3ccc(Cl)cc3)CCCC2)s1. The van der Waals surface area contributed by atoms with Gasteiger partial charge >= 0.3 is 5.97 Å². The number of rotatable bonds is 7. The van der Waals surface area contributed by atoms with Crippen LogP contribution in [0.2, 0.25) is 5.02 Å². The lowest BCUT2D eigenvalue weighted by molar-refractivity contribution is -0.152. The van der Waals surface area contributed by atoms with Gasteiger partial charge in [0.05, 0.1) is 5.41 Å². The summed E-state index contributed by atoms with van der Waals surface area (Å²) in [5.41, 5.74) is 0.995. The highest BCUT2D eigenvalue weighted by molar-refractivity contribution is 7.13. The van der Waals surface area contributed by atoms with E-state index < -0.39 is 11.3 Å². The zero-order valence-corrected chi connectivity index (χ0v) is 18.7. The maximum Gasteiger partial charge on any atom is 0.316 e. The molecule has 0 radical (unpaired) electrons. The Morgan fingerprint density at radius 2 is 1.75 bits per heavy atom. The highest BCUT2D eigenvalue weighted by Gasteiger charge is 2.44. The molecule has 4 rings (SSSR count). The van der Waals surface area contributed by atoms with Crippen molar-refractivity contribution in [2.24, 2.45) is 0 Å². The minimum atomic E-state index is -0.676. The second-order valence-electron chi connectivity index (χ2n) is 7.68. The molecule has 2 aromatic carbocycles. The van der Waals surface area contributed by atoms with Crippen LogP contribution in [0.25, 0.3) is 0 Å². The molecule has 1 fully saturated rings. The number of carbonyl (C=O) groups excluding carboxylic acids is 2. The van der Waals surface area contributed by atoms with E-state index in [9.17, 15) is 14.0 Å². The first-order valence-electron chi connectivity index (χ1n) is 10.2. The molecule has 1 aliphatic carbocycles. The van der Waals surface area contributed by atoms with Crippen LogP contribution in [0.3, 0.4) is 0 Å². The Bertz CT molecular complexity index is 1100. The molecule has 0 spiro atoms. The van der Waals surface area contributed by atoms with Crippen molar-refractivity contribution in [3.8, 4) is 0 Å². The lowest BCUT2D eigenvalue weighted by Gasteiger charge is -2.27. The Balaban J connectivity index is 1.35. The third kappa shape index (κ3) is 4.97. The topological polar surface area (TPSA) is 81.2 Å². The quantitative estimate of drug-likeness (QED) is 0.498. The Hall–Kier alpha value is -2.84. The van der Waals surface area contributed by atoms with Crippen LogP contribution in [-0.4, -0.2) is 22.1 Å². The third-order valence-corrected chi connectivity index (χ3v) is 6.75. The summed E-state index contributed by atoms with van der Waals surface area (Å²) in [5, 5.41) is 11.8. The van der Waals surface area contributed by atoms with E-state index >= 15 is 0 Å². The fourth-order valence-corrected chi connectivity index (χ4v) is 4.68. The van der Waals surface area contributed by atoms with E-state index in [2.05, 4.69) is 15.5 Å². The number of nitrogens with one attached hydrogen (secondary N) is 1. The molecule has 166 valence electrons. The van der Waals surface area contributed by atoms with Gasteiger partial charge in [-0.25, -0.2) is 4.39 Å². The molecule has 0 atom stereocenters. The summed E-state index contributed by atoms with van der Waals surface area (Å²) in [4.78, 5) is 25.4. The molecule has 32 heavy (non-hydrogen) atoms. The average molecular weight is 474 g/mol. The van der Waals surface area contributed by atoms with Crippen LogP contribution in [0.4, 0.5) is 4.39 Å². The molecular formula is C23H21ClFN3O3S. The van der Waals surface area contributed by atoms with Gasteiger partial charge in [-0.2, -0.15) is 0 Å². The summed E-state index contributed by atoms with van der Waals surface area (Å²) < 4.78 is 18.6. The van der Waals surface area contributed by atoms with Crippen molar-refractivity contribution in [2.75, 3.05) is 0 Å². The number of carbonyl (C=O) groups is 2. The number of aromatic nitrogens is 2. The molecule has 1 heterocycles. The molecule has 9 heteroatoms. The van der Waals surface area contributed by atoms with Gasteiger partial charge < -0.3 is 10.1 Å². The largest absolute Gasteiger partial charge is 0.458 e. The molecule has 6 nitrogen and oxygen atoms in total. The van der Waals surface area contributed by atoms with Crippen LogP contribution in [0.15, 0.2) is 48.5 Å². The van der Waals surface area contributed by atoms with Gasteiger partial charge in [0.2, 0.25) is 5.01 Å². The number of ether oxygens (including phenoxy) is 1. The molecule has 1 N–H and O–H groups in total. The number of nitrogens with zero attached hydrogens (tertiary/aromatic N) is 2. The minimum Gasteiger partial charge on any atom is -0.458 e. The van der Waals surface area contributed by atoms with E-state index in [-0.39, 0.29) is 29.9 Å². The summed E-state index contributed by atoms with van der Waals surface area (Å²) in [6.07, 6.45) is 3.35. The summed E-state index contributed by atoms with van der Waals surface area (Å²) >= 11 is 7.07. The Labute approximate surface area is 193 Å². The molecule has 0 saturated heterocycles. The van der Waals surface area contributed by atoms with Crippen molar-refractivity contribution in [1.82, 2.24) is 15.5 Å². The number of hydrogen-bond acceptors (Lipinski definition) is 6. The number of hydrogen-bond donors (Lipinski definition) is 1. The van der Waals surface area contributed by atoms with E-state index in [0.29, 0.717) is 10.0 Å². The Morgan fingerprint density at radius 1 is 1.06 bits per heavy atom. The molecular weight excluding hydrogens is 453 g/mol. The highest BCUT2D eigenvalue weighted by atomic mass is 35.5. The summed E-state index contributed by atoms with van der Waals surface area (Å²) in [5.74, 6) is -1.02. The lowest BCUT2D eigenvalue weighted by atomic mass is 9.79. The van der Waals surface area contributed by atoms with Crippen molar-refractivity contribution in [3.63, 3.8) is 0 Å². The average Bonchev–Trinajstić information content (AvgIpc) is 3.48. The molecule has 0 unspecified atom stereocenters. The van der Waals surface area contributed by atoms with Crippen molar-refractivity contribution in [2.45, 2.75) is 44.2 Å².